The quantitative estimate of drug-likeness (QED) is 0.125. The number of hydroxylamine groups is 1. The molecule has 4 aromatic carbocycles. The van der Waals surface area contributed by atoms with Gasteiger partial charge in [-0.25, -0.2) is 0 Å². The minimum atomic E-state index is -0.311. The van der Waals surface area contributed by atoms with Crippen molar-refractivity contribution in [1.82, 2.24) is 0 Å². The van der Waals surface area contributed by atoms with Crippen LogP contribution < -0.4 is 4.46 Å². The van der Waals surface area contributed by atoms with E-state index >= 15 is 0 Å². The van der Waals surface area contributed by atoms with E-state index in [0.717, 1.165) is 15.9 Å². The molecule has 2 atom stereocenters. The summed E-state index contributed by atoms with van der Waals surface area (Å²) in [5, 5.41) is 13.6. The zero-order valence-corrected chi connectivity index (χ0v) is 18.3. The van der Waals surface area contributed by atoms with Crippen LogP contribution in [0.5, 0.6) is 0 Å². The van der Waals surface area contributed by atoms with E-state index in [4.69, 9.17) is 0 Å². The molecular weight excluding hydrogens is 433 g/mol. The summed E-state index contributed by atoms with van der Waals surface area (Å²) >= 11 is 0.0797. The normalized spacial score (nSPS) is 13.5. The standard InChI is InChI=1S/C27H23NOSe/c29-28(21-22-13-5-1-6-14-22)26(23-15-7-2-8-16-23)27(24-17-9-3-10-18-24)30-25-19-11-4-12-20-25/h1-21,26-27H/b28-21-. The Kier molecular flexibility index (Phi) is 6.76. The van der Waals surface area contributed by atoms with Crippen molar-refractivity contribution < 1.29 is 4.74 Å². The van der Waals surface area contributed by atoms with Crippen molar-refractivity contribution in [2.75, 3.05) is 0 Å². The molecular formula is C27H23NOSe. The molecule has 2 nitrogen and oxygen atoms in total. The maximum atomic E-state index is 13.6. The monoisotopic (exact) mass is 457 g/mol. The molecule has 3 heteroatoms. The molecule has 0 N–H and O–H groups in total. The van der Waals surface area contributed by atoms with Crippen molar-refractivity contribution in [1.29, 1.82) is 0 Å². The Hall–Kier alpha value is -3.13. The third-order valence-corrected chi connectivity index (χ3v) is 7.70. The molecule has 0 radical (unpaired) electrons. The summed E-state index contributed by atoms with van der Waals surface area (Å²) in [6.07, 6.45) is 1.72. The Morgan fingerprint density at radius 2 is 1.07 bits per heavy atom. The Bertz CT molecular complexity index is 1070. The topological polar surface area (TPSA) is 26.1 Å². The van der Waals surface area contributed by atoms with Gasteiger partial charge in [0.25, 0.3) is 0 Å². The van der Waals surface area contributed by atoms with Crippen LogP contribution in [0.2, 0.25) is 0 Å². The Balaban J connectivity index is 1.81. The van der Waals surface area contributed by atoms with Gasteiger partial charge in [-0.2, -0.15) is 0 Å². The second-order valence-electron chi connectivity index (χ2n) is 7.02. The van der Waals surface area contributed by atoms with E-state index < -0.39 is 0 Å². The fourth-order valence-corrected chi connectivity index (χ4v) is 6.22. The first-order chi connectivity index (χ1) is 14.8. The van der Waals surface area contributed by atoms with Crippen LogP contribution in [-0.4, -0.2) is 25.9 Å². The first-order valence-electron chi connectivity index (χ1n) is 9.98. The van der Waals surface area contributed by atoms with Crippen LogP contribution in [0.3, 0.4) is 0 Å². The number of hydrogen-bond acceptors (Lipinski definition) is 1. The van der Waals surface area contributed by atoms with Crippen molar-refractivity contribution in [2.45, 2.75) is 10.9 Å². The van der Waals surface area contributed by atoms with Crippen molar-refractivity contribution in [3.63, 3.8) is 0 Å². The molecule has 2 unspecified atom stereocenters. The van der Waals surface area contributed by atoms with Crippen molar-refractivity contribution >= 4 is 25.6 Å². The summed E-state index contributed by atoms with van der Waals surface area (Å²) in [5.41, 5.74) is 3.14. The molecule has 0 saturated carbocycles. The number of nitrogens with zero attached hydrogens (tertiary/aromatic N) is 1. The summed E-state index contributed by atoms with van der Waals surface area (Å²) < 4.78 is 2.43. The van der Waals surface area contributed by atoms with Crippen molar-refractivity contribution in [2.24, 2.45) is 0 Å². The first-order valence-corrected chi connectivity index (χ1v) is 11.8. The van der Waals surface area contributed by atoms with Crippen LogP contribution >= 0.6 is 0 Å². The van der Waals surface area contributed by atoms with Gasteiger partial charge in [0.1, 0.15) is 0 Å². The molecule has 30 heavy (non-hydrogen) atoms. The Morgan fingerprint density at radius 3 is 1.63 bits per heavy atom. The fourth-order valence-electron chi connectivity index (χ4n) is 3.47. The minimum absolute atomic E-state index is 0.0703. The van der Waals surface area contributed by atoms with Crippen molar-refractivity contribution in [3.05, 3.63) is 143 Å². The van der Waals surface area contributed by atoms with Gasteiger partial charge in [0.05, 0.1) is 0 Å². The molecule has 148 valence electrons. The van der Waals surface area contributed by atoms with E-state index in [1.54, 1.807) is 6.21 Å². The average molecular weight is 456 g/mol. The summed E-state index contributed by atoms with van der Waals surface area (Å²) in [6.45, 7) is 0. The summed E-state index contributed by atoms with van der Waals surface area (Å²) in [4.78, 5) is 0.0703. The van der Waals surface area contributed by atoms with Crippen LogP contribution in [0, 0.1) is 5.21 Å². The van der Waals surface area contributed by atoms with Gasteiger partial charge >= 0.3 is 184 Å². The third kappa shape index (κ3) is 5.07. The fraction of sp³-hybridized carbons (Fsp3) is 0.0741. The summed E-state index contributed by atoms with van der Waals surface area (Å²) in [5.74, 6) is 0. The molecule has 4 rings (SSSR count). The van der Waals surface area contributed by atoms with Gasteiger partial charge in [-0.1, -0.05) is 0 Å². The second kappa shape index (κ2) is 10.1. The zero-order chi connectivity index (χ0) is 20.6. The SMILES string of the molecule is [O-]/[N+](=C\c1ccccc1)C(c1ccccc1)C([Se]c1ccccc1)c1ccccc1. The van der Waals surface area contributed by atoms with Gasteiger partial charge < -0.3 is 0 Å². The Labute approximate surface area is 184 Å². The van der Waals surface area contributed by atoms with Gasteiger partial charge in [0.15, 0.2) is 0 Å². The molecule has 0 aliphatic carbocycles. The molecule has 0 amide bonds. The van der Waals surface area contributed by atoms with Gasteiger partial charge in [0.2, 0.25) is 0 Å². The van der Waals surface area contributed by atoms with E-state index in [2.05, 4.69) is 60.7 Å². The van der Waals surface area contributed by atoms with E-state index in [9.17, 15) is 5.21 Å². The molecule has 0 heterocycles. The molecule has 0 aliphatic rings. The summed E-state index contributed by atoms with van der Waals surface area (Å²) in [7, 11) is 0. The van der Waals surface area contributed by atoms with Crippen molar-refractivity contribution in [3.8, 4) is 0 Å². The number of rotatable bonds is 7. The molecule has 0 aromatic heterocycles. The van der Waals surface area contributed by atoms with E-state index in [1.807, 2.05) is 60.7 Å². The van der Waals surface area contributed by atoms with Gasteiger partial charge in [-0.3, -0.25) is 0 Å². The first kappa shape index (κ1) is 20.2. The van der Waals surface area contributed by atoms with Crippen LogP contribution in [0.15, 0.2) is 121 Å². The van der Waals surface area contributed by atoms with Crippen LogP contribution in [0.4, 0.5) is 0 Å². The van der Waals surface area contributed by atoms with Crippen LogP contribution in [0.1, 0.15) is 27.5 Å². The average Bonchev–Trinajstić information content (AvgIpc) is 2.81. The summed E-state index contributed by atoms with van der Waals surface area (Å²) in [6, 6.07) is 40.6. The molecule has 0 spiro atoms. The van der Waals surface area contributed by atoms with Crippen LogP contribution in [-0.2, 0) is 0 Å². The second-order valence-corrected chi connectivity index (χ2v) is 9.57. The predicted molar refractivity (Wildman–Crippen MR) is 125 cm³/mol. The van der Waals surface area contributed by atoms with Gasteiger partial charge in [-0.15, -0.1) is 0 Å². The molecule has 0 saturated heterocycles. The van der Waals surface area contributed by atoms with Gasteiger partial charge in [0, 0.05) is 0 Å². The molecule has 0 aliphatic heterocycles. The zero-order valence-electron chi connectivity index (χ0n) is 16.5. The van der Waals surface area contributed by atoms with Crippen LogP contribution in [0.25, 0.3) is 0 Å². The third-order valence-electron chi connectivity index (χ3n) is 4.91. The maximum absolute atomic E-state index is 13.6. The predicted octanol–water partition coefficient (Wildman–Crippen LogP) is 5.13. The van der Waals surface area contributed by atoms with E-state index in [0.29, 0.717) is 0 Å². The molecule has 0 bridgehead atoms. The molecule has 4 aromatic rings. The van der Waals surface area contributed by atoms with Gasteiger partial charge in [-0.05, 0) is 0 Å². The Morgan fingerprint density at radius 1 is 0.600 bits per heavy atom. The molecule has 0 fully saturated rings. The number of hydrogen-bond donors (Lipinski definition) is 0. The van der Waals surface area contributed by atoms with E-state index in [1.165, 1.54) is 10.0 Å². The van der Waals surface area contributed by atoms with E-state index in [-0.39, 0.29) is 25.8 Å². The number of benzene rings is 4.